The number of hydrogen-bond donors (Lipinski definition) is 0. The lowest BCUT2D eigenvalue weighted by molar-refractivity contribution is 0.535. The summed E-state index contributed by atoms with van der Waals surface area (Å²) in [6.45, 7) is 1.91. The van der Waals surface area contributed by atoms with Gasteiger partial charge in [-0.3, -0.25) is 0 Å². The van der Waals surface area contributed by atoms with Crippen molar-refractivity contribution in [1.82, 2.24) is 9.36 Å². The Morgan fingerprint density at radius 2 is 2.42 bits per heavy atom. The summed E-state index contributed by atoms with van der Waals surface area (Å²) in [5, 5.41) is 0.913. The van der Waals surface area contributed by atoms with Gasteiger partial charge in [-0.05, 0) is 24.5 Å². The number of hydrogen-bond acceptors (Lipinski definition) is 4. The molecule has 0 atom stereocenters. The van der Waals surface area contributed by atoms with Crippen molar-refractivity contribution in [1.29, 1.82) is 0 Å². The average Bonchev–Trinajstić information content (AvgIpc) is 2.58. The van der Waals surface area contributed by atoms with Gasteiger partial charge >= 0.3 is 0 Å². The highest BCUT2D eigenvalue weighted by Crippen LogP contribution is 2.23. The first-order valence-electron chi connectivity index (χ1n) is 3.30. The minimum atomic E-state index is 0.784. The molecule has 2 rings (SSSR count). The zero-order chi connectivity index (χ0) is 8.55. The van der Waals surface area contributed by atoms with Crippen LogP contribution in [-0.4, -0.2) is 9.36 Å². The van der Waals surface area contributed by atoms with Crippen LogP contribution in [0.25, 0.3) is 10.6 Å². The van der Waals surface area contributed by atoms with E-state index < -0.39 is 0 Å². The molecule has 0 saturated heterocycles. The van der Waals surface area contributed by atoms with Crippen LogP contribution in [0.4, 0.5) is 0 Å². The van der Waals surface area contributed by atoms with E-state index in [4.69, 9.17) is 4.42 Å². The van der Waals surface area contributed by atoms with Gasteiger partial charge in [-0.15, -0.1) is 0 Å². The van der Waals surface area contributed by atoms with Crippen LogP contribution in [0.15, 0.2) is 16.7 Å². The third-order valence-electron chi connectivity index (χ3n) is 1.38. The van der Waals surface area contributed by atoms with Gasteiger partial charge in [-0.25, -0.2) is 4.98 Å². The second-order valence-corrected chi connectivity index (χ2v) is 4.03. The molecule has 62 valence electrons. The summed E-state index contributed by atoms with van der Waals surface area (Å²) in [6, 6.07) is 1.95. The van der Waals surface area contributed by atoms with Crippen LogP contribution in [0.3, 0.4) is 0 Å². The maximum atomic E-state index is 5.16. The predicted molar refractivity (Wildman–Crippen MR) is 55.1 cm³/mol. The van der Waals surface area contributed by atoms with Crippen LogP contribution in [0.1, 0.15) is 5.76 Å². The minimum Gasteiger partial charge on any atom is -0.469 e. The fraction of sp³-hybridized carbons (Fsp3) is 0.143. The Morgan fingerprint density at radius 1 is 1.58 bits per heavy atom. The first-order chi connectivity index (χ1) is 5.75. The van der Waals surface area contributed by atoms with Gasteiger partial charge in [0.1, 0.15) is 17.0 Å². The maximum absolute atomic E-state index is 5.16. The van der Waals surface area contributed by atoms with Gasteiger partial charge < -0.3 is 4.42 Å². The lowest BCUT2D eigenvalue weighted by atomic mass is 10.3. The van der Waals surface area contributed by atoms with Crippen LogP contribution in [0.2, 0.25) is 0 Å². The molecule has 3 nitrogen and oxygen atoms in total. The van der Waals surface area contributed by atoms with Crippen molar-refractivity contribution in [3.05, 3.63) is 21.9 Å². The molecule has 0 aromatic carbocycles. The van der Waals surface area contributed by atoms with Gasteiger partial charge in [0.15, 0.2) is 0 Å². The molecule has 2 aromatic heterocycles. The van der Waals surface area contributed by atoms with Crippen molar-refractivity contribution in [2.45, 2.75) is 6.92 Å². The van der Waals surface area contributed by atoms with E-state index in [0.717, 1.165) is 20.2 Å². The summed E-state index contributed by atoms with van der Waals surface area (Å²) < 4.78 is 10.0. The van der Waals surface area contributed by atoms with Gasteiger partial charge in [-0.2, -0.15) is 4.37 Å². The topological polar surface area (TPSA) is 38.9 Å². The third kappa shape index (κ3) is 1.51. The van der Waals surface area contributed by atoms with E-state index in [2.05, 4.69) is 31.9 Å². The van der Waals surface area contributed by atoms with E-state index in [1.165, 1.54) is 11.5 Å². The largest absolute Gasteiger partial charge is 0.469 e. The molecular weight excluding hydrogens is 287 g/mol. The normalized spacial score (nSPS) is 10.5. The molecule has 0 N–H and O–H groups in total. The van der Waals surface area contributed by atoms with Crippen molar-refractivity contribution < 1.29 is 4.42 Å². The number of aromatic nitrogens is 2. The molecule has 0 fully saturated rings. The lowest BCUT2D eigenvalue weighted by Crippen LogP contribution is -1.72. The van der Waals surface area contributed by atoms with Gasteiger partial charge in [0.05, 0.1) is 5.56 Å². The molecule has 0 amide bonds. The van der Waals surface area contributed by atoms with E-state index in [-0.39, 0.29) is 0 Å². The summed E-state index contributed by atoms with van der Waals surface area (Å²) in [4.78, 5) is 4.23. The first-order valence-corrected chi connectivity index (χ1v) is 5.15. The summed E-state index contributed by atoms with van der Waals surface area (Å²) in [5.74, 6) is 0.898. The van der Waals surface area contributed by atoms with E-state index in [1.54, 1.807) is 6.26 Å². The quantitative estimate of drug-likeness (QED) is 0.759. The molecule has 0 aliphatic rings. The summed E-state index contributed by atoms with van der Waals surface area (Å²) in [7, 11) is 0. The number of rotatable bonds is 1. The summed E-state index contributed by atoms with van der Waals surface area (Å²) in [5.41, 5.74) is 1.01. The Bertz CT molecular complexity index is 357. The second-order valence-electron chi connectivity index (χ2n) is 2.31. The van der Waals surface area contributed by atoms with Crippen LogP contribution in [0, 0.1) is 10.8 Å². The van der Waals surface area contributed by atoms with Crippen LogP contribution < -0.4 is 0 Å². The monoisotopic (exact) mass is 292 g/mol. The smallest absolute Gasteiger partial charge is 0.203 e. The van der Waals surface area contributed by atoms with E-state index >= 15 is 0 Å². The molecule has 0 bridgehead atoms. The zero-order valence-electron chi connectivity index (χ0n) is 6.24. The fourth-order valence-corrected chi connectivity index (χ4v) is 2.12. The van der Waals surface area contributed by atoms with Gasteiger partial charge in [0, 0.05) is 22.6 Å². The molecule has 2 aromatic rings. The average molecular weight is 292 g/mol. The predicted octanol–water partition coefficient (Wildman–Crippen LogP) is 2.71. The Morgan fingerprint density at radius 3 is 2.92 bits per heavy atom. The summed E-state index contributed by atoms with van der Waals surface area (Å²) >= 11 is 3.48. The second kappa shape index (κ2) is 3.14. The van der Waals surface area contributed by atoms with Crippen molar-refractivity contribution >= 4 is 34.1 Å². The van der Waals surface area contributed by atoms with Crippen molar-refractivity contribution in [3.63, 3.8) is 0 Å². The third-order valence-corrected chi connectivity index (χ3v) is 2.95. The first kappa shape index (κ1) is 8.18. The molecule has 0 aliphatic heterocycles. The van der Waals surface area contributed by atoms with E-state index in [0.29, 0.717) is 0 Å². The molecule has 0 unspecified atom stereocenters. The molecular formula is C7H5IN2OS. The highest BCUT2D eigenvalue weighted by Gasteiger charge is 2.06. The van der Waals surface area contributed by atoms with Crippen molar-refractivity contribution in [3.8, 4) is 10.6 Å². The van der Waals surface area contributed by atoms with Gasteiger partial charge in [-0.1, -0.05) is 0 Å². The van der Waals surface area contributed by atoms with E-state index in [9.17, 15) is 0 Å². The Kier molecular flexibility index (Phi) is 2.14. The van der Waals surface area contributed by atoms with Gasteiger partial charge in [0.2, 0.25) is 3.83 Å². The number of nitrogens with zero attached hydrogens (tertiary/aromatic N) is 2. The van der Waals surface area contributed by atoms with Crippen LogP contribution in [0.5, 0.6) is 0 Å². The number of furan rings is 1. The lowest BCUT2D eigenvalue weighted by Gasteiger charge is -1.81. The van der Waals surface area contributed by atoms with Crippen LogP contribution in [-0.2, 0) is 0 Å². The Hall–Kier alpha value is -0.430. The molecule has 0 saturated carbocycles. The fourth-order valence-electron chi connectivity index (χ4n) is 0.878. The molecule has 0 aliphatic carbocycles. The molecule has 2 heterocycles. The number of aryl methyl sites for hydroxylation is 1. The molecule has 5 heteroatoms. The molecule has 0 spiro atoms. The van der Waals surface area contributed by atoms with Crippen molar-refractivity contribution in [2.24, 2.45) is 0 Å². The van der Waals surface area contributed by atoms with E-state index in [1.807, 2.05) is 13.0 Å². The standard InChI is InChI=1S/C7H5IN2OS/c1-4-2-5(3-11-4)6-9-7(8)10-12-6/h2-3H,1H3. The number of halogens is 1. The van der Waals surface area contributed by atoms with Crippen LogP contribution >= 0.6 is 34.1 Å². The van der Waals surface area contributed by atoms with Gasteiger partial charge in [0.25, 0.3) is 0 Å². The van der Waals surface area contributed by atoms with Crippen molar-refractivity contribution in [2.75, 3.05) is 0 Å². The Balaban J connectivity index is 2.43. The minimum absolute atomic E-state index is 0.784. The Labute approximate surface area is 87.1 Å². The highest BCUT2D eigenvalue weighted by molar-refractivity contribution is 14.1. The maximum Gasteiger partial charge on any atom is 0.203 e. The summed E-state index contributed by atoms with van der Waals surface area (Å²) in [6.07, 6.45) is 1.70. The zero-order valence-corrected chi connectivity index (χ0v) is 9.22. The molecule has 0 radical (unpaired) electrons. The SMILES string of the molecule is Cc1cc(-c2nc(I)ns2)co1. The molecule has 12 heavy (non-hydrogen) atoms. The highest BCUT2D eigenvalue weighted by atomic mass is 127.